The average Bonchev–Trinajstić information content (AvgIpc) is 3.32. The van der Waals surface area contributed by atoms with Crippen LogP contribution in [-0.2, 0) is 17.7 Å². The second-order valence-electron chi connectivity index (χ2n) is 7.66. The minimum atomic E-state index is -0.665. The molecular weight excluding hydrogens is 324 g/mol. The first-order valence-electron chi connectivity index (χ1n) is 9.45. The zero-order valence-electron chi connectivity index (χ0n) is 15.0. The van der Waals surface area contributed by atoms with E-state index in [0.29, 0.717) is 5.92 Å². The Morgan fingerprint density at radius 2 is 1.73 bits per heavy atom. The van der Waals surface area contributed by atoms with Crippen molar-refractivity contribution in [3.8, 4) is 0 Å². The SMILES string of the molecule is NC(=O)OC1CCC2(C[C@@H]2Cc2ccccc2)N(Cc2ccccc2)C1. The quantitative estimate of drug-likeness (QED) is 0.893. The van der Waals surface area contributed by atoms with E-state index < -0.39 is 6.09 Å². The third-order valence-electron chi connectivity index (χ3n) is 5.98. The van der Waals surface area contributed by atoms with Crippen molar-refractivity contribution in [1.82, 2.24) is 4.90 Å². The lowest BCUT2D eigenvalue weighted by Gasteiger charge is -2.41. The van der Waals surface area contributed by atoms with Gasteiger partial charge >= 0.3 is 6.09 Å². The smallest absolute Gasteiger partial charge is 0.404 e. The summed E-state index contributed by atoms with van der Waals surface area (Å²) in [6.07, 6.45) is 3.54. The first-order valence-corrected chi connectivity index (χ1v) is 9.45. The molecule has 4 nitrogen and oxygen atoms in total. The van der Waals surface area contributed by atoms with Crippen LogP contribution in [0.1, 0.15) is 30.4 Å². The van der Waals surface area contributed by atoms with E-state index in [1.54, 1.807) is 0 Å². The number of amides is 1. The maximum Gasteiger partial charge on any atom is 0.404 e. The number of carbonyl (C=O) groups excluding carboxylic acids is 1. The van der Waals surface area contributed by atoms with E-state index >= 15 is 0 Å². The number of rotatable bonds is 5. The Morgan fingerprint density at radius 3 is 2.38 bits per heavy atom. The van der Waals surface area contributed by atoms with Crippen LogP contribution in [0.5, 0.6) is 0 Å². The van der Waals surface area contributed by atoms with Crippen molar-refractivity contribution in [2.24, 2.45) is 11.7 Å². The Kier molecular flexibility index (Phi) is 4.68. The van der Waals surface area contributed by atoms with E-state index in [1.165, 1.54) is 17.5 Å². The number of likely N-dealkylation sites (tertiary alicyclic amines) is 1. The molecule has 2 aromatic carbocycles. The maximum absolute atomic E-state index is 11.2. The predicted octanol–water partition coefficient (Wildman–Crippen LogP) is 3.75. The van der Waals surface area contributed by atoms with Gasteiger partial charge in [0.05, 0.1) is 0 Å². The summed E-state index contributed by atoms with van der Waals surface area (Å²) in [5.41, 5.74) is 8.20. The first-order chi connectivity index (χ1) is 12.7. The number of nitrogens with two attached hydrogens (primary N) is 1. The lowest BCUT2D eigenvalue weighted by molar-refractivity contribution is 0.00270. The molecule has 1 aliphatic carbocycles. The van der Waals surface area contributed by atoms with Crippen LogP contribution in [0.25, 0.3) is 0 Å². The number of hydrogen-bond donors (Lipinski definition) is 1. The number of carbonyl (C=O) groups is 1. The highest BCUT2D eigenvalue weighted by atomic mass is 16.6. The van der Waals surface area contributed by atoms with Gasteiger partial charge < -0.3 is 10.5 Å². The molecule has 4 rings (SSSR count). The van der Waals surface area contributed by atoms with Crippen LogP contribution in [0.4, 0.5) is 4.79 Å². The highest BCUT2D eigenvalue weighted by Crippen LogP contribution is 2.56. The normalized spacial score (nSPS) is 28.0. The molecule has 2 N–H and O–H groups in total. The topological polar surface area (TPSA) is 55.6 Å². The monoisotopic (exact) mass is 350 g/mol. The summed E-state index contributed by atoms with van der Waals surface area (Å²) in [7, 11) is 0. The number of nitrogens with zero attached hydrogens (tertiary/aromatic N) is 1. The first kappa shape index (κ1) is 17.1. The van der Waals surface area contributed by atoms with Crippen molar-refractivity contribution in [2.75, 3.05) is 6.54 Å². The number of primary amides is 1. The number of piperidine rings is 1. The van der Waals surface area contributed by atoms with Crippen molar-refractivity contribution in [2.45, 2.75) is 43.9 Å². The van der Waals surface area contributed by atoms with Crippen LogP contribution in [0, 0.1) is 5.92 Å². The summed E-state index contributed by atoms with van der Waals surface area (Å²) < 4.78 is 5.33. The Bertz CT molecular complexity index is 749. The van der Waals surface area contributed by atoms with Gasteiger partial charge in [-0.2, -0.15) is 0 Å². The molecule has 0 aromatic heterocycles. The van der Waals surface area contributed by atoms with Crippen molar-refractivity contribution >= 4 is 6.09 Å². The van der Waals surface area contributed by atoms with Crippen molar-refractivity contribution in [3.63, 3.8) is 0 Å². The van der Waals surface area contributed by atoms with E-state index in [4.69, 9.17) is 10.5 Å². The van der Waals surface area contributed by atoms with Gasteiger partial charge in [-0.05, 0) is 42.7 Å². The zero-order valence-corrected chi connectivity index (χ0v) is 15.0. The van der Waals surface area contributed by atoms with Crippen molar-refractivity contribution in [3.05, 3.63) is 71.8 Å². The molecule has 2 unspecified atom stereocenters. The summed E-state index contributed by atoms with van der Waals surface area (Å²) in [5, 5.41) is 0. The summed E-state index contributed by atoms with van der Waals surface area (Å²) in [6, 6.07) is 21.3. The van der Waals surface area contributed by atoms with Crippen LogP contribution < -0.4 is 5.73 Å². The standard InChI is InChI=1S/C22H26N2O2/c23-21(25)26-20-11-12-22(14-19(22)13-17-7-3-1-4-8-17)24(16-20)15-18-9-5-2-6-10-18/h1-10,19-20H,11-16H2,(H2,23,25)/t19-,20?,22?/m0/s1. The summed E-state index contributed by atoms with van der Waals surface area (Å²) in [4.78, 5) is 13.7. The largest absolute Gasteiger partial charge is 0.445 e. The van der Waals surface area contributed by atoms with Crippen LogP contribution in [0.15, 0.2) is 60.7 Å². The molecule has 2 aliphatic rings. The second kappa shape index (κ2) is 7.12. The van der Waals surface area contributed by atoms with Gasteiger partial charge in [-0.1, -0.05) is 60.7 Å². The molecule has 4 heteroatoms. The maximum atomic E-state index is 11.2. The fraction of sp³-hybridized carbons (Fsp3) is 0.409. The Hall–Kier alpha value is -2.33. The van der Waals surface area contributed by atoms with Crippen LogP contribution >= 0.6 is 0 Å². The van der Waals surface area contributed by atoms with Gasteiger partial charge in [0.1, 0.15) is 6.10 Å². The molecule has 1 spiro atoms. The Balaban J connectivity index is 1.50. The molecule has 2 fully saturated rings. The van der Waals surface area contributed by atoms with E-state index in [-0.39, 0.29) is 11.6 Å². The second-order valence-corrected chi connectivity index (χ2v) is 7.66. The molecule has 0 bridgehead atoms. The molecule has 1 aliphatic heterocycles. The third-order valence-corrected chi connectivity index (χ3v) is 5.98. The third kappa shape index (κ3) is 3.61. The summed E-state index contributed by atoms with van der Waals surface area (Å²) in [5.74, 6) is 0.670. The summed E-state index contributed by atoms with van der Waals surface area (Å²) >= 11 is 0. The van der Waals surface area contributed by atoms with Gasteiger partial charge in [-0.15, -0.1) is 0 Å². The van der Waals surface area contributed by atoms with Crippen molar-refractivity contribution in [1.29, 1.82) is 0 Å². The molecule has 1 saturated carbocycles. The molecule has 1 saturated heterocycles. The minimum Gasteiger partial charge on any atom is -0.445 e. The van der Waals surface area contributed by atoms with Crippen LogP contribution in [-0.4, -0.2) is 29.2 Å². The van der Waals surface area contributed by atoms with Gasteiger partial charge in [-0.25, -0.2) is 4.79 Å². The predicted molar refractivity (Wildman–Crippen MR) is 102 cm³/mol. The summed E-state index contributed by atoms with van der Waals surface area (Å²) in [6.45, 7) is 1.66. The van der Waals surface area contributed by atoms with Crippen molar-refractivity contribution < 1.29 is 9.53 Å². The van der Waals surface area contributed by atoms with Gasteiger partial charge in [0, 0.05) is 18.6 Å². The molecule has 26 heavy (non-hydrogen) atoms. The highest BCUT2D eigenvalue weighted by molar-refractivity contribution is 5.64. The van der Waals surface area contributed by atoms with Crippen LogP contribution in [0.3, 0.4) is 0 Å². The van der Waals surface area contributed by atoms with E-state index in [2.05, 4.69) is 59.5 Å². The number of hydrogen-bond acceptors (Lipinski definition) is 3. The molecule has 2 aromatic rings. The Morgan fingerprint density at radius 1 is 1.08 bits per heavy atom. The highest BCUT2D eigenvalue weighted by Gasteiger charge is 2.59. The molecule has 136 valence electrons. The van der Waals surface area contributed by atoms with Gasteiger partial charge in [0.2, 0.25) is 0 Å². The molecule has 0 radical (unpaired) electrons. The fourth-order valence-corrected chi connectivity index (χ4v) is 4.60. The molecule has 1 heterocycles. The van der Waals surface area contributed by atoms with E-state index in [0.717, 1.165) is 32.4 Å². The fourth-order valence-electron chi connectivity index (χ4n) is 4.60. The van der Waals surface area contributed by atoms with Gasteiger partial charge in [-0.3, -0.25) is 4.90 Å². The zero-order chi connectivity index (χ0) is 18.0. The lowest BCUT2D eigenvalue weighted by atomic mass is 9.93. The van der Waals surface area contributed by atoms with Gasteiger partial charge in [0.15, 0.2) is 0 Å². The van der Waals surface area contributed by atoms with Gasteiger partial charge in [0.25, 0.3) is 0 Å². The lowest BCUT2D eigenvalue weighted by Crippen LogP contribution is -2.49. The number of benzene rings is 2. The Labute approximate surface area is 155 Å². The van der Waals surface area contributed by atoms with E-state index in [9.17, 15) is 4.79 Å². The minimum absolute atomic E-state index is 0.0974. The number of ether oxygens (including phenoxy) is 1. The van der Waals surface area contributed by atoms with E-state index in [1.807, 2.05) is 6.07 Å². The molecule has 1 amide bonds. The molecular formula is C22H26N2O2. The average molecular weight is 350 g/mol. The molecule has 3 atom stereocenters. The van der Waals surface area contributed by atoms with Crippen LogP contribution in [0.2, 0.25) is 0 Å².